The Labute approximate surface area is 123 Å². The van der Waals surface area contributed by atoms with Crippen LogP contribution in [0.2, 0.25) is 0 Å². The maximum absolute atomic E-state index is 2.34. The van der Waals surface area contributed by atoms with Gasteiger partial charge in [-0.15, -0.1) is 0 Å². The van der Waals surface area contributed by atoms with E-state index in [1.54, 1.807) is 0 Å². The lowest BCUT2D eigenvalue weighted by Gasteiger charge is -2.41. The van der Waals surface area contributed by atoms with Gasteiger partial charge < -0.3 is 4.57 Å². The summed E-state index contributed by atoms with van der Waals surface area (Å²) in [7, 11) is 0. The summed E-state index contributed by atoms with van der Waals surface area (Å²) < 4.78 is 2.33. The van der Waals surface area contributed by atoms with E-state index < -0.39 is 0 Å². The molecule has 0 saturated carbocycles. The Morgan fingerprint density at radius 1 is 0.750 bits per heavy atom. The molecule has 0 saturated heterocycles. The fourth-order valence-corrected chi connectivity index (χ4v) is 3.64. The molecular weight excluding hydrogens is 242 g/mol. The van der Waals surface area contributed by atoms with Gasteiger partial charge in [0.15, 0.2) is 0 Å². The minimum absolute atomic E-state index is 0.225. The highest BCUT2D eigenvalue weighted by Crippen LogP contribution is 2.47. The summed E-state index contributed by atoms with van der Waals surface area (Å²) in [6.45, 7) is 14.0. The predicted octanol–water partition coefficient (Wildman–Crippen LogP) is 5.65. The monoisotopic (exact) mass is 269 g/mol. The predicted molar refractivity (Wildman–Crippen MR) is 87.4 cm³/mol. The van der Waals surface area contributed by atoms with Crippen molar-refractivity contribution in [1.29, 1.82) is 0 Å². The molecule has 0 atom stereocenters. The largest absolute Gasteiger partial charge is 0.321 e. The average molecular weight is 269 g/mol. The van der Waals surface area contributed by atoms with E-state index in [9.17, 15) is 0 Å². The van der Waals surface area contributed by atoms with Crippen molar-refractivity contribution < 1.29 is 0 Å². The number of nitrogens with zero attached hydrogens (tertiary/aromatic N) is 1. The second-order valence-corrected chi connectivity index (χ2v) is 7.80. The van der Waals surface area contributed by atoms with Gasteiger partial charge in [0.25, 0.3) is 0 Å². The van der Waals surface area contributed by atoms with E-state index in [0.29, 0.717) is 5.92 Å². The van der Waals surface area contributed by atoms with Crippen LogP contribution in [0.15, 0.2) is 48.7 Å². The Morgan fingerprint density at radius 2 is 1.30 bits per heavy atom. The van der Waals surface area contributed by atoms with Crippen LogP contribution in [0.1, 0.15) is 53.2 Å². The minimum atomic E-state index is 0.225. The third kappa shape index (κ3) is 2.98. The molecule has 20 heavy (non-hydrogen) atoms. The maximum Gasteiger partial charge on any atom is 0.0452 e. The zero-order chi connectivity index (χ0) is 15.0. The first-order chi connectivity index (χ1) is 9.21. The normalized spacial score (nSPS) is 12.9. The van der Waals surface area contributed by atoms with Crippen molar-refractivity contribution in [2.75, 3.05) is 0 Å². The van der Waals surface area contributed by atoms with Gasteiger partial charge in [0.2, 0.25) is 0 Å². The van der Waals surface area contributed by atoms with Crippen molar-refractivity contribution in [3.05, 3.63) is 54.4 Å². The molecule has 0 radical (unpaired) electrons. The lowest BCUT2D eigenvalue weighted by molar-refractivity contribution is 0.170. The van der Waals surface area contributed by atoms with Crippen LogP contribution in [-0.4, -0.2) is 4.57 Å². The van der Waals surface area contributed by atoms with Crippen LogP contribution in [0.3, 0.4) is 0 Å². The number of rotatable bonds is 2. The van der Waals surface area contributed by atoms with Crippen LogP contribution < -0.4 is 0 Å². The van der Waals surface area contributed by atoms with Gasteiger partial charge in [-0.3, -0.25) is 0 Å². The summed E-state index contributed by atoms with van der Waals surface area (Å²) in [5, 5.41) is 0. The van der Waals surface area contributed by atoms with E-state index in [4.69, 9.17) is 0 Å². The van der Waals surface area contributed by atoms with Gasteiger partial charge in [-0.1, -0.05) is 59.7 Å². The minimum Gasteiger partial charge on any atom is -0.321 e. The fraction of sp³-hybridized carbons (Fsp3) is 0.474. The molecule has 0 unspecified atom stereocenters. The second-order valence-electron chi connectivity index (χ2n) is 7.80. The molecule has 0 bridgehead atoms. The molecule has 108 valence electrons. The van der Waals surface area contributed by atoms with Crippen molar-refractivity contribution in [2.24, 2.45) is 10.8 Å². The summed E-state index contributed by atoms with van der Waals surface area (Å²) in [5.41, 5.74) is 3.09. The van der Waals surface area contributed by atoms with Crippen molar-refractivity contribution >= 4 is 0 Å². The molecule has 0 fully saturated rings. The molecule has 0 amide bonds. The average Bonchev–Trinajstić information content (AvgIpc) is 2.75. The van der Waals surface area contributed by atoms with Gasteiger partial charge in [0.05, 0.1) is 0 Å². The highest BCUT2D eigenvalue weighted by molar-refractivity contribution is 5.36. The highest BCUT2D eigenvalue weighted by atomic mass is 15.0. The first kappa shape index (κ1) is 14.9. The van der Waals surface area contributed by atoms with Crippen molar-refractivity contribution in [1.82, 2.24) is 4.57 Å². The summed E-state index contributed by atoms with van der Waals surface area (Å²) in [5.74, 6) is 0.491. The zero-order valence-corrected chi connectivity index (χ0v) is 13.6. The molecule has 1 heteroatoms. The molecule has 1 heterocycles. The number of aromatic nitrogens is 1. The van der Waals surface area contributed by atoms with Gasteiger partial charge in [0.1, 0.15) is 0 Å². The first-order valence-corrected chi connectivity index (χ1v) is 7.44. The lowest BCUT2D eigenvalue weighted by atomic mass is 9.65. The van der Waals surface area contributed by atoms with Gasteiger partial charge in [0, 0.05) is 23.5 Å². The Hall–Kier alpha value is -1.50. The summed E-state index contributed by atoms with van der Waals surface area (Å²) in [4.78, 5) is 0. The van der Waals surface area contributed by atoms with Crippen LogP contribution in [0.4, 0.5) is 0 Å². The molecular formula is C19H27N. The van der Waals surface area contributed by atoms with Crippen LogP contribution >= 0.6 is 0 Å². The number of hydrogen-bond acceptors (Lipinski definition) is 0. The van der Waals surface area contributed by atoms with Crippen molar-refractivity contribution in [3.8, 4) is 5.69 Å². The molecule has 1 aromatic carbocycles. The number of benzene rings is 1. The molecule has 0 N–H and O–H groups in total. The van der Waals surface area contributed by atoms with E-state index in [1.165, 1.54) is 11.4 Å². The lowest BCUT2D eigenvalue weighted by Crippen LogP contribution is -2.31. The number of hydrogen-bond donors (Lipinski definition) is 0. The highest BCUT2D eigenvalue weighted by Gasteiger charge is 2.37. The Kier molecular flexibility index (Phi) is 3.82. The quantitative estimate of drug-likeness (QED) is 0.663. The Bertz CT molecular complexity index is 535. The standard InChI is InChI=1S/C19H27N/c1-18(2,3)17(19(4,5)6)16-13-10-14-20(16)15-11-8-7-9-12-15/h7-14,17H,1-6H3. The summed E-state index contributed by atoms with van der Waals surface area (Å²) in [6.07, 6.45) is 2.18. The second kappa shape index (κ2) is 5.12. The van der Waals surface area contributed by atoms with Gasteiger partial charge in [-0.05, 0) is 35.1 Å². The summed E-state index contributed by atoms with van der Waals surface area (Å²) in [6, 6.07) is 15.0. The van der Waals surface area contributed by atoms with Crippen molar-refractivity contribution in [2.45, 2.75) is 47.5 Å². The number of para-hydroxylation sites is 1. The van der Waals surface area contributed by atoms with Crippen LogP contribution in [0, 0.1) is 10.8 Å². The van der Waals surface area contributed by atoms with Gasteiger partial charge >= 0.3 is 0 Å². The molecule has 0 aliphatic heterocycles. The van der Waals surface area contributed by atoms with E-state index in [2.05, 4.69) is 94.8 Å². The van der Waals surface area contributed by atoms with Crippen LogP contribution in [0.25, 0.3) is 5.69 Å². The Balaban J connectivity index is 2.55. The smallest absolute Gasteiger partial charge is 0.0452 e. The maximum atomic E-state index is 2.34. The van der Waals surface area contributed by atoms with Gasteiger partial charge in [-0.2, -0.15) is 0 Å². The third-order valence-electron chi connectivity index (χ3n) is 3.84. The third-order valence-corrected chi connectivity index (χ3v) is 3.84. The summed E-state index contributed by atoms with van der Waals surface area (Å²) >= 11 is 0. The zero-order valence-electron chi connectivity index (χ0n) is 13.6. The molecule has 2 aromatic rings. The fourth-order valence-electron chi connectivity index (χ4n) is 3.64. The van der Waals surface area contributed by atoms with E-state index in [1.807, 2.05) is 0 Å². The van der Waals surface area contributed by atoms with E-state index in [0.717, 1.165) is 0 Å². The van der Waals surface area contributed by atoms with E-state index >= 15 is 0 Å². The van der Waals surface area contributed by atoms with Crippen LogP contribution in [-0.2, 0) is 0 Å². The molecule has 1 aromatic heterocycles. The molecule has 1 nitrogen and oxygen atoms in total. The van der Waals surface area contributed by atoms with Crippen LogP contribution in [0.5, 0.6) is 0 Å². The van der Waals surface area contributed by atoms with E-state index in [-0.39, 0.29) is 10.8 Å². The molecule has 0 aliphatic rings. The SMILES string of the molecule is CC(C)(C)C(c1cccn1-c1ccccc1)C(C)(C)C. The first-order valence-electron chi connectivity index (χ1n) is 7.44. The molecule has 0 aliphatic carbocycles. The Morgan fingerprint density at radius 3 is 1.80 bits per heavy atom. The van der Waals surface area contributed by atoms with Gasteiger partial charge in [-0.25, -0.2) is 0 Å². The molecule has 2 rings (SSSR count). The molecule has 0 spiro atoms. The topological polar surface area (TPSA) is 4.93 Å². The van der Waals surface area contributed by atoms with Crippen molar-refractivity contribution in [3.63, 3.8) is 0 Å².